The Morgan fingerprint density at radius 2 is 1.85 bits per heavy atom. The van der Waals surface area contributed by atoms with E-state index in [1.165, 1.54) is 6.07 Å². The SMILES string of the molecule is COc1ccccc1CCNCc1ccc(O)c(O)c1. The molecule has 0 aromatic heterocycles. The second-order valence-corrected chi connectivity index (χ2v) is 4.56. The van der Waals surface area contributed by atoms with Gasteiger partial charge in [0, 0.05) is 6.54 Å². The normalized spacial score (nSPS) is 10.4. The van der Waals surface area contributed by atoms with Crippen LogP contribution in [0.5, 0.6) is 17.2 Å². The van der Waals surface area contributed by atoms with Crippen LogP contribution in [0.15, 0.2) is 42.5 Å². The molecule has 2 aromatic rings. The van der Waals surface area contributed by atoms with Crippen LogP contribution in [-0.2, 0) is 13.0 Å². The van der Waals surface area contributed by atoms with Crippen molar-refractivity contribution in [3.05, 3.63) is 53.6 Å². The Morgan fingerprint density at radius 1 is 1.05 bits per heavy atom. The first-order chi connectivity index (χ1) is 9.70. The van der Waals surface area contributed by atoms with Crippen LogP contribution in [0.1, 0.15) is 11.1 Å². The molecule has 0 fully saturated rings. The summed E-state index contributed by atoms with van der Waals surface area (Å²) in [6, 6.07) is 12.8. The molecule has 0 aliphatic carbocycles. The first kappa shape index (κ1) is 14.2. The molecule has 0 bridgehead atoms. The topological polar surface area (TPSA) is 61.7 Å². The summed E-state index contributed by atoms with van der Waals surface area (Å²) in [6.45, 7) is 1.45. The van der Waals surface area contributed by atoms with Gasteiger partial charge in [0.1, 0.15) is 5.75 Å². The Kier molecular flexibility index (Phi) is 4.85. The predicted octanol–water partition coefficient (Wildman–Crippen LogP) is 2.44. The van der Waals surface area contributed by atoms with Crippen molar-refractivity contribution in [3.8, 4) is 17.2 Å². The summed E-state index contributed by atoms with van der Waals surface area (Å²) < 4.78 is 5.30. The Hall–Kier alpha value is -2.20. The van der Waals surface area contributed by atoms with Crippen LogP contribution in [0.3, 0.4) is 0 Å². The number of phenolic OH excluding ortho intramolecular Hbond substituents is 2. The van der Waals surface area contributed by atoms with E-state index in [4.69, 9.17) is 4.74 Å². The van der Waals surface area contributed by atoms with Crippen LogP contribution in [0.4, 0.5) is 0 Å². The molecule has 4 heteroatoms. The number of aromatic hydroxyl groups is 2. The minimum absolute atomic E-state index is 0.0889. The fourth-order valence-corrected chi connectivity index (χ4v) is 2.04. The Morgan fingerprint density at radius 3 is 2.60 bits per heavy atom. The molecule has 4 nitrogen and oxygen atoms in total. The van der Waals surface area contributed by atoms with Gasteiger partial charge in [-0.2, -0.15) is 0 Å². The van der Waals surface area contributed by atoms with Crippen LogP contribution < -0.4 is 10.1 Å². The van der Waals surface area contributed by atoms with E-state index >= 15 is 0 Å². The predicted molar refractivity (Wildman–Crippen MR) is 78.2 cm³/mol. The standard InChI is InChI=1S/C16H19NO3/c1-20-16-5-3-2-4-13(16)8-9-17-11-12-6-7-14(18)15(19)10-12/h2-7,10,17-19H,8-9,11H2,1H3. The number of hydrogen-bond acceptors (Lipinski definition) is 4. The lowest BCUT2D eigenvalue weighted by Crippen LogP contribution is -2.16. The van der Waals surface area contributed by atoms with Crippen molar-refractivity contribution in [2.24, 2.45) is 0 Å². The van der Waals surface area contributed by atoms with Crippen molar-refractivity contribution in [1.29, 1.82) is 0 Å². The molecule has 0 radical (unpaired) electrons. The summed E-state index contributed by atoms with van der Waals surface area (Å²) in [6.07, 6.45) is 0.869. The maximum Gasteiger partial charge on any atom is 0.157 e. The first-order valence-electron chi connectivity index (χ1n) is 6.54. The zero-order valence-corrected chi connectivity index (χ0v) is 11.5. The third kappa shape index (κ3) is 3.65. The largest absolute Gasteiger partial charge is 0.504 e. The van der Waals surface area contributed by atoms with Gasteiger partial charge in [-0.15, -0.1) is 0 Å². The van der Waals surface area contributed by atoms with Crippen molar-refractivity contribution < 1.29 is 14.9 Å². The summed E-state index contributed by atoms with van der Waals surface area (Å²) in [5, 5.41) is 21.9. The molecule has 0 aliphatic heterocycles. The molecule has 0 aliphatic rings. The molecule has 0 heterocycles. The van der Waals surface area contributed by atoms with Gasteiger partial charge in [-0.3, -0.25) is 0 Å². The Bertz CT molecular complexity index is 569. The Labute approximate surface area is 118 Å². The van der Waals surface area contributed by atoms with Crippen molar-refractivity contribution in [1.82, 2.24) is 5.32 Å². The number of benzene rings is 2. The summed E-state index contributed by atoms with van der Waals surface area (Å²) in [5.41, 5.74) is 2.09. The summed E-state index contributed by atoms with van der Waals surface area (Å²) in [4.78, 5) is 0. The van der Waals surface area contributed by atoms with E-state index in [1.807, 2.05) is 24.3 Å². The highest BCUT2D eigenvalue weighted by Crippen LogP contribution is 2.24. The van der Waals surface area contributed by atoms with Gasteiger partial charge < -0.3 is 20.3 Å². The van der Waals surface area contributed by atoms with Crippen molar-refractivity contribution in [3.63, 3.8) is 0 Å². The third-order valence-corrected chi connectivity index (χ3v) is 3.13. The quantitative estimate of drug-likeness (QED) is 0.559. The zero-order chi connectivity index (χ0) is 14.4. The van der Waals surface area contributed by atoms with E-state index in [9.17, 15) is 10.2 Å². The highest BCUT2D eigenvalue weighted by molar-refractivity contribution is 5.40. The van der Waals surface area contributed by atoms with E-state index in [2.05, 4.69) is 5.32 Å². The number of nitrogens with one attached hydrogen (secondary N) is 1. The average molecular weight is 273 g/mol. The Balaban J connectivity index is 1.83. The first-order valence-corrected chi connectivity index (χ1v) is 6.54. The van der Waals surface area contributed by atoms with Gasteiger partial charge in [0.05, 0.1) is 7.11 Å². The molecule has 20 heavy (non-hydrogen) atoms. The molecule has 3 N–H and O–H groups in total. The second kappa shape index (κ2) is 6.82. The highest BCUT2D eigenvalue weighted by Gasteiger charge is 2.02. The second-order valence-electron chi connectivity index (χ2n) is 4.56. The van der Waals surface area contributed by atoms with Crippen LogP contribution in [0.2, 0.25) is 0 Å². The van der Waals surface area contributed by atoms with Gasteiger partial charge in [-0.1, -0.05) is 24.3 Å². The third-order valence-electron chi connectivity index (χ3n) is 3.13. The van der Waals surface area contributed by atoms with E-state index in [-0.39, 0.29) is 11.5 Å². The van der Waals surface area contributed by atoms with Crippen LogP contribution >= 0.6 is 0 Å². The van der Waals surface area contributed by atoms with Gasteiger partial charge >= 0.3 is 0 Å². The number of ether oxygens (including phenoxy) is 1. The van der Waals surface area contributed by atoms with E-state index in [0.29, 0.717) is 6.54 Å². The highest BCUT2D eigenvalue weighted by atomic mass is 16.5. The number of hydrogen-bond donors (Lipinski definition) is 3. The number of methoxy groups -OCH3 is 1. The molecule has 0 saturated carbocycles. The molecule has 0 saturated heterocycles. The molecule has 0 amide bonds. The van der Waals surface area contributed by atoms with Crippen molar-refractivity contribution in [2.75, 3.05) is 13.7 Å². The fourth-order valence-electron chi connectivity index (χ4n) is 2.04. The molecule has 2 aromatic carbocycles. The van der Waals surface area contributed by atoms with Crippen LogP contribution in [0.25, 0.3) is 0 Å². The average Bonchev–Trinajstić information content (AvgIpc) is 2.47. The maximum absolute atomic E-state index is 9.41. The van der Waals surface area contributed by atoms with Crippen molar-refractivity contribution >= 4 is 0 Å². The monoisotopic (exact) mass is 273 g/mol. The lowest BCUT2D eigenvalue weighted by Gasteiger charge is -2.09. The molecule has 0 atom stereocenters. The van der Waals surface area contributed by atoms with Gasteiger partial charge in [-0.05, 0) is 42.3 Å². The minimum Gasteiger partial charge on any atom is -0.504 e. The summed E-state index contributed by atoms with van der Waals surface area (Å²) in [5.74, 6) is 0.716. The smallest absolute Gasteiger partial charge is 0.157 e. The van der Waals surface area contributed by atoms with E-state index < -0.39 is 0 Å². The number of rotatable bonds is 6. The summed E-state index contributed by atoms with van der Waals surface area (Å²) >= 11 is 0. The van der Waals surface area contributed by atoms with Gasteiger partial charge in [0.15, 0.2) is 11.5 Å². The van der Waals surface area contributed by atoms with Gasteiger partial charge in [-0.25, -0.2) is 0 Å². The van der Waals surface area contributed by atoms with E-state index in [1.54, 1.807) is 19.2 Å². The number of para-hydroxylation sites is 1. The molecular weight excluding hydrogens is 254 g/mol. The molecule has 106 valence electrons. The van der Waals surface area contributed by atoms with Crippen molar-refractivity contribution in [2.45, 2.75) is 13.0 Å². The molecule has 2 rings (SSSR count). The van der Waals surface area contributed by atoms with Crippen LogP contribution in [-0.4, -0.2) is 23.9 Å². The lowest BCUT2D eigenvalue weighted by molar-refractivity contribution is 0.403. The van der Waals surface area contributed by atoms with Gasteiger partial charge in [0.25, 0.3) is 0 Å². The zero-order valence-electron chi connectivity index (χ0n) is 11.5. The minimum atomic E-state index is -0.0947. The van der Waals surface area contributed by atoms with E-state index in [0.717, 1.165) is 29.8 Å². The lowest BCUT2D eigenvalue weighted by atomic mass is 10.1. The van der Waals surface area contributed by atoms with Gasteiger partial charge in [0.2, 0.25) is 0 Å². The van der Waals surface area contributed by atoms with Crippen LogP contribution in [0, 0.1) is 0 Å². The fraction of sp³-hybridized carbons (Fsp3) is 0.250. The number of phenols is 2. The summed E-state index contributed by atoms with van der Waals surface area (Å²) in [7, 11) is 1.67. The molecular formula is C16H19NO3. The molecule has 0 spiro atoms. The molecule has 0 unspecified atom stereocenters. The maximum atomic E-state index is 9.41.